The van der Waals surface area contributed by atoms with Crippen LogP contribution in [0.15, 0.2) is 36.4 Å². The normalized spacial score (nSPS) is 15.8. The zero-order chi connectivity index (χ0) is 21.8. The summed E-state index contributed by atoms with van der Waals surface area (Å²) < 4.78 is 24.2. The van der Waals surface area contributed by atoms with Gasteiger partial charge in [0.25, 0.3) is 5.91 Å². The molecular formula is C22H24ClFN2O4. The number of rotatable bonds is 6. The quantitative estimate of drug-likeness (QED) is 0.694. The van der Waals surface area contributed by atoms with Gasteiger partial charge in [-0.25, -0.2) is 4.39 Å². The van der Waals surface area contributed by atoms with E-state index in [0.29, 0.717) is 34.9 Å². The van der Waals surface area contributed by atoms with Crippen molar-refractivity contribution in [3.63, 3.8) is 0 Å². The molecule has 2 aromatic rings. The molecule has 1 fully saturated rings. The SMILES string of the molecule is COc1ccc(CN(C)C(=O)[C@@H]2CCCN2C(=O)c2cc(Cl)ccc2OC)cc1F. The zero-order valence-electron chi connectivity index (χ0n) is 17.2. The Labute approximate surface area is 180 Å². The number of nitrogens with zero attached hydrogens (tertiary/aromatic N) is 2. The van der Waals surface area contributed by atoms with Crippen molar-refractivity contribution >= 4 is 23.4 Å². The molecule has 0 N–H and O–H groups in total. The molecule has 0 unspecified atom stereocenters. The maximum atomic E-state index is 14.0. The van der Waals surface area contributed by atoms with Crippen LogP contribution in [-0.2, 0) is 11.3 Å². The molecule has 0 aliphatic carbocycles. The van der Waals surface area contributed by atoms with Gasteiger partial charge in [-0.05, 0) is 48.7 Å². The van der Waals surface area contributed by atoms with Crippen molar-refractivity contribution in [2.75, 3.05) is 27.8 Å². The molecule has 6 nitrogen and oxygen atoms in total. The van der Waals surface area contributed by atoms with Crippen LogP contribution in [0.1, 0.15) is 28.8 Å². The molecule has 1 heterocycles. The highest BCUT2D eigenvalue weighted by atomic mass is 35.5. The lowest BCUT2D eigenvalue weighted by molar-refractivity contribution is -0.134. The topological polar surface area (TPSA) is 59.1 Å². The van der Waals surface area contributed by atoms with Crippen LogP contribution < -0.4 is 9.47 Å². The Kier molecular flexibility index (Phi) is 6.82. The van der Waals surface area contributed by atoms with Gasteiger partial charge in [0.2, 0.25) is 5.91 Å². The van der Waals surface area contributed by atoms with Gasteiger partial charge in [0, 0.05) is 25.2 Å². The number of carbonyl (C=O) groups excluding carboxylic acids is 2. The Morgan fingerprint density at radius 1 is 1.17 bits per heavy atom. The van der Waals surface area contributed by atoms with Crippen LogP contribution in [0.2, 0.25) is 5.02 Å². The minimum absolute atomic E-state index is 0.149. The van der Waals surface area contributed by atoms with Crippen molar-refractivity contribution in [2.24, 2.45) is 0 Å². The first-order valence-electron chi connectivity index (χ1n) is 9.57. The van der Waals surface area contributed by atoms with Crippen molar-refractivity contribution < 1.29 is 23.5 Å². The fourth-order valence-corrected chi connectivity index (χ4v) is 3.86. The van der Waals surface area contributed by atoms with Gasteiger partial charge < -0.3 is 19.3 Å². The summed E-state index contributed by atoms with van der Waals surface area (Å²) >= 11 is 6.06. The average Bonchev–Trinajstić information content (AvgIpc) is 3.22. The summed E-state index contributed by atoms with van der Waals surface area (Å²) in [4.78, 5) is 29.3. The average molecular weight is 435 g/mol. The molecule has 1 atom stereocenters. The standard InChI is InChI=1S/C22H24ClFN2O4/c1-25(13-14-6-8-20(30-3)17(24)11-14)22(28)18-5-4-10-26(18)21(27)16-12-15(23)7-9-19(16)29-2/h6-9,11-12,18H,4-5,10,13H2,1-3H3/t18-/m0/s1. The van der Waals surface area contributed by atoms with E-state index in [4.69, 9.17) is 21.1 Å². The highest BCUT2D eigenvalue weighted by Gasteiger charge is 2.37. The monoisotopic (exact) mass is 434 g/mol. The summed E-state index contributed by atoms with van der Waals surface area (Å²) in [5.74, 6) is -0.422. The third-order valence-electron chi connectivity index (χ3n) is 5.20. The number of benzene rings is 2. The lowest BCUT2D eigenvalue weighted by atomic mass is 10.1. The van der Waals surface area contributed by atoms with Crippen molar-refractivity contribution in [1.82, 2.24) is 9.80 Å². The van der Waals surface area contributed by atoms with Crippen molar-refractivity contribution in [2.45, 2.75) is 25.4 Å². The second-order valence-electron chi connectivity index (χ2n) is 7.16. The van der Waals surface area contributed by atoms with Crippen LogP contribution in [0, 0.1) is 5.82 Å². The molecule has 1 aliphatic rings. The van der Waals surface area contributed by atoms with Crippen LogP contribution in [0.25, 0.3) is 0 Å². The molecule has 2 aromatic carbocycles. The van der Waals surface area contributed by atoms with Gasteiger partial charge in [-0.3, -0.25) is 9.59 Å². The minimum Gasteiger partial charge on any atom is -0.496 e. The molecule has 30 heavy (non-hydrogen) atoms. The number of hydrogen-bond acceptors (Lipinski definition) is 4. The van der Waals surface area contributed by atoms with E-state index in [1.807, 2.05) is 0 Å². The number of ether oxygens (including phenoxy) is 2. The molecule has 1 aliphatic heterocycles. The van der Waals surface area contributed by atoms with Gasteiger partial charge in [0.15, 0.2) is 11.6 Å². The van der Waals surface area contributed by atoms with Crippen molar-refractivity contribution in [3.8, 4) is 11.5 Å². The van der Waals surface area contributed by atoms with Crippen molar-refractivity contribution in [1.29, 1.82) is 0 Å². The second kappa shape index (κ2) is 9.34. The number of likely N-dealkylation sites (N-methyl/N-ethyl adjacent to an activating group) is 1. The number of carbonyl (C=O) groups is 2. The van der Waals surface area contributed by atoms with E-state index in [1.165, 1.54) is 31.3 Å². The zero-order valence-corrected chi connectivity index (χ0v) is 17.9. The number of likely N-dealkylation sites (tertiary alicyclic amines) is 1. The Bertz CT molecular complexity index is 953. The Balaban J connectivity index is 1.76. The third-order valence-corrected chi connectivity index (χ3v) is 5.44. The van der Waals surface area contributed by atoms with Gasteiger partial charge >= 0.3 is 0 Å². The van der Waals surface area contributed by atoms with E-state index in [0.717, 1.165) is 6.42 Å². The summed E-state index contributed by atoms with van der Waals surface area (Å²) in [6.45, 7) is 0.689. The molecule has 3 rings (SSSR count). The molecule has 0 saturated carbocycles. The predicted molar refractivity (Wildman–Crippen MR) is 111 cm³/mol. The lowest BCUT2D eigenvalue weighted by Crippen LogP contribution is -2.46. The number of hydrogen-bond donors (Lipinski definition) is 0. The Hall–Kier alpha value is -2.80. The molecule has 160 valence electrons. The van der Waals surface area contributed by atoms with Gasteiger partial charge in [0.05, 0.1) is 19.8 Å². The molecule has 1 saturated heterocycles. The van der Waals surface area contributed by atoms with E-state index < -0.39 is 11.9 Å². The van der Waals surface area contributed by atoms with Crippen molar-refractivity contribution in [3.05, 3.63) is 58.4 Å². The second-order valence-corrected chi connectivity index (χ2v) is 7.60. The van der Waals surface area contributed by atoms with Gasteiger partial charge in [-0.2, -0.15) is 0 Å². The first-order chi connectivity index (χ1) is 14.3. The molecule has 2 amide bonds. The number of amides is 2. The Morgan fingerprint density at radius 2 is 1.87 bits per heavy atom. The van der Waals surface area contributed by atoms with Crippen LogP contribution in [0.5, 0.6) is 11.5 Å². The van der Waals surface area contributed by atoms with Gasteiger partial charge in [0.1, 0.15) is 11.8 Å². The van der Waals surface area contributed by atoms with E-state index in [1.54, 1.807) is 36.2 Å². The number of methoxy groups -OCH3 is 2. The molecular weight excluding hydrogens is 411 g/mol. The van der Waals surface area contributed by atoms with E-state index >= 15 is 0 Å². The smallest absolute Gasteiger partial charge is 0.258 e. The van der Waals surface area contributed by atoms with Crippen LogP contribution in [-0.4, -0.2) is 55.5 Å². The number of halogens is 2. The molecule has 0 aromatic heterocycles. The minimum atomic E-state index is -0.589. The molecule has 0 spiro atoms. The lowest BCUT2D eigenvalue weighted by Gasteiger charge is -2.28. The predicted octanol–water partition coefficient (Wildman–Crippen LogP) is 3.76. The summed E-state index contributed by atoms with van der Waals surface area (Å²) in [7, 11) is 4.52. The molecule has 8 heteroatoms. The van der Waals surface area contributed by atoms with Crippen LogP contribution >= 0.6 is 11.6 Å². The van der Waals surface area contributed by atoms with E-state index in [9.17, 15) is 14.0 Å². The summed E-state index contributed by atoms with van der Waals surface area (Å²) in [6.07, 6.45) is 1.28. The first-order valence-corrected chi connectivity index (χ1v) is 9.95. The maximum Gasteiger partial charge on any atom is 0.258 e. The summed E-state index contributed by atoms with van der Waals surface area (Å²) in [6, 6.07) is 8.82. The highest BCUT2D eigenvalue weighted by Crippen LogP contribution is 2.28. The van der Waals surface area contributed by atoms with Gasteiger partial charge in [-0.15, -0.1) is 0 Å². The first kappa shape index (κ1) is 21.9. The highest BCUT2D eigenvalue weighted by molar-refractivity contribution is 6.31. The van der Waals surface area contributed by atoms with E-state index in [-0.39, 0.29) is 24.1 Å². The van der Waals surface area contributed by atoms with E-state index in [2.05, 4.69) is 0 Å². The Morgan fingerprint density at radius 3 is 2.53 bits per heavy atom. The van der Waals surface area contributed by atoms with Crippen LogP contribution in [0.4, 0.5) is 4.39 Å². The fourth-order valence-electron chi connectivity index (χ4n) is 3.68. The summed E-state index contributed by atoms with van der Waals surface area (Å²) in [5.41, 5.74) is 0.959. The summed E-state index contributed by atoms with van der Waals surface area (Å²) in [5, 5.41) is 0.417. The molecule has 0 bridgehead atoms. The fraction of sp³-hybridized carbons (Fsp3) is 0.364. The maximum absolute atomic E-state index is 14.0. The third kappa shape index (κ3) is 4.51. The van der Waals surface area contributed by atoms with Crippen LogP contribution in [0.3, 0.4) is 0 Å². The largest absolute Gasteiger partial charge is 0.496 e. The molecule has 0 radical (unpaired) electrons. The van der Waals surface area contributed by atoms with Gasteiger partial charge in [-0.1, -0.05) is 17.7 Å².